The predicted octanol–water partition coefficient (Wildman–Crippen LogP) is 3.40. The molecule has 1 atom stereocenters. The Morgan fingerprint density at radius 2 is 1.89 bits per heavy atom. The van der Waals surface area contributed by atoms with E-state index in [4.69, 9.17) is 17.4 Å². The van der Waals surface area contributed by atoms with Crippen molar-refractivity contribution in [2.24, 2.45) is 5.84 Å². The maximum absolute atomic E-state index is 6.25. The minimum absolute atomic E-state index is 0.0754. The van der Waals surface area contributed by atoms with Gasteiger partial charge in [-0.25, -0.2) is 0 Å². The molecule has 0 aliphatic rings. The van der Waals surface area contributed by atoms with Crippen LogP contribution in [0.3, 0.4) is 0 Å². The monoisotopic (exact) mass is 260 g/mol. The molecule has 3 heteroatoms. The average Bonchev–Trinajstić information content (AvgIpc) is 2.39. The summed E-state index contributed by atoms with van der Waals surface area (Å²) in [7, 11) is 0. The third-order valence-electron chi connectivity index (χ3n) is 3.04. The smallest absolute Gasteiger partial charge is 0.0500 e. The fourth-order valence-electron chi connectivity index (χ4n) is 2.00. The van der Waals surface area contributed by atoms with E-state index in [2.05, 4.69) is 29.7 Å². The van der Waals surface area contributed by atoms with Crippen molar-refractivity contribution in [2.45, 2.75) is 19.4 Å². The maximum Gasteiger partial charge on any atom is 0.0500 e. The second-order valence-electron chi connectivity index (χ2n) is 4.43. The summed E-state index contributed by atoms with van der Waals surface area (Å²) in [6.45, 7) is 2.03. The molecule has 0 aliphatic heterocycles. The minimum Gasteiger partial charge on any atom is -0.271 e. The molecule has 18 heavy (non-hydrogen) atoms. The van der Waals surface area contributed by atoms with Gasteiger partial charge in [-0.1, -0.05) is 54.1 Å². The zero-order valence-corrected chi connectivity index (χ0v) is 11.1. The van der Waals surface area contributed by atoms with E-state index >= 15 is 0 Å². The lowest BCUT2D eigenvalue weighted by molar-refractivity contribution is 0.552. The van der Waals surface area contributed by atoms with Gasteiger partial charge in [0, 0.05) is 5.02 Å². The van der Waals surface area contributed by atoms with Gasteiger partial charge >= 0.3 is 0 Å². The lowest BCUT2D eigenvalue weighted by Crippen LogP contribution is -2.29. The van der Waals surface area contributed by atoms with Gasteiger partial charge in [0.1, 0.15) is 0 Å². The third kappa shape index (κ3) is 3.10. The number of hydrogen-bond donors (Lipinski definition) is 2. The summed E-state index contributed by atoms with van der Waals surface area (Å²) in [4.78, 5) is 0. The Morgan fingerprint density at radius 1 is 1.17 bits per heavy atom. The quantitative estimate of drug-likeness (QED) is 0.653. The summed E-state index contributed by atoms with van der Waals surface area (Å²) in [6.07, 6.45) is 0.777. The van der Waals surface area contributed by atoms with E-state index in [9.17, 15) is 0 Å². The van der Waals surface area contributed by atoms with Gasteiger partial charge in [-0.15, -0.1) is 0 Å². The highest BCUT2D eigenvalue weighted by molar-refractivity contribution is 6.31. The van der Waals surface area contributed by atoms with Crippen LogP contribution >= 0.6 is 11.6 Å². The molecule has 0 spiro atoms. The molecule has 0 saturated carbocycles. The van der Waals surface area contributed by atoms with Crippen LogP contribution < -0.4 is 11.3 Å². The van der Waals surface area contributed by atoms with Crippen LogP contribution in [0.25, 0.3) is 0 Å². The van der Waals surface area contributed by atoms with Crippen LogP contribution in [0.5, 0.6) is 0 Å². The first-order valence-electron chi connectivity index (χ1n) is 5.97. The number of nitrogens with two attached hydrogens (primary N) is 1. The normalized spacial score (nSPS) is 12.4. The summed E-state index contributed by atoms with van der Waals surface area (Å²) in [5, 5.41) is 0.797. The van der Waals surface area contributed by atoms with Crippen molar-refractivity contribution in [3.05, 3.63) is 70.2 Å². The van der Waals surface area contributed by atoms with E-state index in [1.165, 1.54) is 5.56 Å². The van der Waals surface area contributed by atoms with E-state index in [0.29, 0.717) is 0 Å². The van der Waals surface area contributed by atoms with Crippen molar-refractivity contribution < 1.29 is 0 Å². The molecular weight excluding hydrogens is 244 g/mol. The summed E-state index contributed by atoms with van der Waals surface area (Å²) < 4.78 is 0. The fourth-order valence-corrected chi connectivity index (χ4v) is 2.31. The Kier molecular flexibility index (Phi) is 4.37. The van der Waals surface area contributed by atoms with Crippen LogP contribution in [-0.2, 0) is 6.42 Å². The Bertz CT molecular complexity index is 511. The number of rotatable bonds is 4. The predicted molar refractivity (Wildman–Crippen MR) is 76.4 cm³/mol. The summed E-state index contributed by atoms with van der Waals surface area (Å²) in [5.74, 6) is 5.64. The SMILES string of the molecule is Cc1ccc(CC(NN)c2ccccc2)c(Cl)c1. The van der Waals surface area contributed by atoms with Crippen LogP contribution in [-0.4, -0.2) is 0 Å². The summed E-state index contributed by atoms with van der Waals surface area (Å²) in [6, 6.07) is 16.3. The second kappa shape index (κ2) is 6.01. The molecule has 0 fully saturated rings. The molecule has 3 N–H and O–H groups in total. The van der Waals surface area contributed by atoms with Crippen LogP contribution in [0.2, 0.25) is 5.02 Å². The molecule has 2 aromatic rings. The molecule has 0 radical (unpaired) electrons. The standard InChI is InChI=1S/C15H17ClN2/c1-11-7-8-13(14(16)9-11)10-15(18-17)12-5-3-2-4-6-12/h2-9,15,18H,10,17H2,1H3. The van der Waals surface area contributed by atoms with Crippen molar-refractivity contribution in [3.63, 3.8) is 0 Å². The van der Waals surface area contributed by atoms with Crippen molar-refractivity contribution >= 4 is 11.6 Å². The molecule has 2 rings (SSSR count). The first kappa shape index (κ1) is 13.1. The number of nitrogens with one attached hydrogen (secondary N) is 1. The highest BCUT2D eigenvalue weighted by atomic mass is 35.5. The van der Waals surface area contributed by atoms with E-state index in [1.807, 2.05) is 31.2 Å². The second-order valence-corrected chi connectivity index (χ2v) is 4.84. The number of halogens is 1. The van der Waals surface area contributed by atoms with Crippen LogP contribution in [0.1, 0.15) is 22.7 Å². The number of hydrogen-bond acceptors (Lipinski definition) is 2. The van der Waals surface area contributed by atoms with Crippen LogP contribution in [0.15, 0.2) is 48.5 Å². The van der Waals surface area contributed by atoms with Crippen molar-refractivity contribution in [1.29, 1.82) is 0 Å². The van der Waals surface area contributed by atoms with Gasteiger partial charge in [0.25, 0.3) is 0 Å². The third-order valence-corrected chi connectivity index (χ3v) is 3.39. The van der Waals surface area contributed by atoms with Crippen molar-refractivity contribution in [1.82, 2.24) is 5.43 Å². The van der Waals surface area contributed by atoms with Crippen molar-refractivity contribution in [2.75, 3.05) is 0 Å². The van der Waals surface area contributed by atoms with Gasteiger partial charge in [0.05, 0.1) is 6.04 Å². The lowest BCUT2D eigenvalue weighted by atomic mass is 9.99. The van der Waals surface area contributed by atoms with Gasteiger partial charge < -0.3 is 0 Å². The van der Waals surface area contributed by atoms with E-state index in [1.54, 1.807) is 0 Å². The Balaban J connectivity index is 2.21. The molecule has 0 aromatic heterocycles. The molecule has 1 unspecified atom stereocenters. The largest absolute Gasteiger partial charge is 0.271 e. The van der Waals surface area contributed by atoms with Gasteiger partial charge in [0.15, 0.2) is 0 Å². The Labute approximate surface area is 113 Å². The zero-order valence-electron chi connectivity index (χ0n) is 10.4. The molecule has 94 valence electrons. The minimum atomic E-state index is 0.0754. The summed E-state index contributed by atoms with van der Waals surface area (Å²) in [5.41, 5.74) is 6.29. The zero-order chi connectivity index (χ0) is 13.0. The molecule has 0 heterocycles. The molecule has 0 saturated heterocycles. The molecule has 0 amide bonds. The van der Waals surface area contributed by atoms with E-state index in [0.717, 1.165) is 22.6 Å². The first-order valence-corrected chi connectivity index (χ1v) is 6.34. The molecule has 2 nitrogen and oxygen atoms in total. The van der Waals surface area contributed by atoms with Gasteiger partial charge in [-0.2, -0.15) is 0 Å². The molecule has 2 aromatic carbocycles. The van der Waals surface area contributed by atoms with E-state index in [-0.39, 0.29) is 6.04 Å². The summed E-state index contributed by atoms with van der Waals surface area (Å²) >= 11 is 6.25. The number of aryl methyl sites for hydroxylation is 1. The van der Waals surface area contributed by atoms with Gasteiger partial charge in [-0.05, 0) is 36.1 Å². The van der Waals surface area contributed by atoms with Crippen LogP contribution in [0, 0.1) is 6.92 Å². The Morgan fingerprint density at radius 3 is 2.50 bits per heavy atom. The molecule has 0 bridgehead atoms. The van der Waals surface area contributed by atoms with Gasteiger partial charge in [0.2, 0.25) is 0 Å². The number of benzene rings is 2. The first-order chi connectivity index (χ1) is 8.70. The van der Waals surface area contributed by atoms with E-state index < -0.39 is 0 Å². The van der Waals surface area contributed by atoms with Crippen molar-refractivity contribution in [3.8, 4) is 0 Å². The molecule has 0 aliphatic carbocycles. The fraction of sp³-hybridized carbons (Fsp3) is 0.200. The average molecular weight is 261 g/mol. The Hall–Kier alpha value is -1.35. The lowest BCUT2D eigenvalue weighted by Gasteiger charge is -2.17. The topological polar surface area (TPSA) is 38.0 Å². The number of hydrazine groups is 1. The maximum atomic E-state index is 6.25. The van der Waals surface area contributed by atoms with Gasteiger partial charge in [-0.3, -0.25) is 11.3 Å². The highest BCUT2D eigenvalue weighted by Gasteiger charge is 2.12. The highest BCUT2D eigenvalue weighted by Crippen LogP contribution is 2.24. The van der Waals surface area contributed by atoms with Crippen LogP contribution in [0.4, 0.5) is 0 Å². The molecular formula is C15H17ClN2.